The summed E-state index contributed by atoms with van der Waals surface area (Å²) in [6.45, 7) is 5.55. The second-order valence-electron chi connectivity index (χ2n) is 4.42. The van der Waals surface area contributed by atoms with Gasteiger partial charge in [0.25, 0.3) is 0 Å². The number of benzene rings is 1. The summed E-state index contributed by atoms with van der Waals surface area (Å²) in [5.41, 5.74) is 1.39. The molecule has 1 fully saturated rings. The molecule has 0 saturated heterocycles. The van der Waals surface area contributed by atoms with E-state index in [0.29, 0.717) is 12.0 Å². The van der Waals surface area contributed by atoms with E-state index >= 15 is 0 Å². The van der Waals surface area contributed by atoms with E-state index in [1.54, 1.807) is 0 Å². The Kier molecular flexibility index (Phi) is 3.32. The van der Waals surface area contributed by atoms with E-state index in [-0.39, 0.29) is 0 Å². The molecule has 0 spiro atoms. The average molecular weight is 224 g/mol. The molecule has 2 heteroatoms. The summed E-state index contributed by atoms with van der Waals surface area (Å²) >= 11 is 6.00. The lowest BCUT2D eigenvalue weighted by atomic mass is 9.67. The summed E-state index contributed by atoms with van der Waals surface area (Å²) in [7, 11) is 0. The van der Waals surface area contributed by atoms with Crippen LogP contribution >= 0.6 is 11.6 Å². The van der Waals surface area contributed by atoms with E-state index < -0.39 is 0 Å². The Morgan fingerprint density at radius 3 is 2.87 bits per heavy atom. The standard InChI is InChI=1S/C13H18ClN/c1-3-15-13-8-12(9(13)2)10-5-4-6-11(14)7-10/h4-7,9,12-13,15H,3,8H2,1-2H3. The first-order chi connectivity index (χ1) is 7.22. The molecule has 3 unspecified atom stereocenters. The number of rotatable bonds is 3. The van der Waals surface area contributed by atoms with Crippen molar-refractivity contribution in [3.05, 3.63) is 34.9 Å². The Morgan fingerprint density at radius 1 is 1.47 bits per heavy atom. The van der Waals surface area contributed by atoms with Crippen LogP contribution < -0.4 is 5.32 Å². The first kappa shape index (κ1) is 11.0. The van der Waals surface area contributed by atoms with Crippen LogP contribution in [-0.4, -0.2) is 12.6 Å². The SMILES string of the molecule is CCNC1CC(c2cccc(Cl)c2)C1C. The first-order valence-electron chi connectivity index (χ1n) is 5.71. The predicted octanol–water partition coefficient (Wildman–Crippen LogP) is 3.44. The zero-order valence-corrected chi connectivity index (χ0v) is 10.1. The zero-order chi connectivity index (χ0) is 10.8. The number of hydrogen-bond donors (Lipinski definition) is 1. The van der Waals surface area contributed by atoms with Crippen LogP contribution in [0.25, 0.3) is 0 Å². The van der Waals surface area contributed by atoms with Crippen molar-refractivity contribution in [2.75, 3.05) is 6.54 Å². The maximum absolute atomic E-state index is 6.00. The van der Waals surface area contributed by atoms with Crippen LogP contribution in [0, 0.1) is 5.92 Å². The highest BCUT2D eigenvalue weighted by atomic mass is 35.5. The van der Waals surface area contributed by atoms with Crippen LogP contribution in [-0.2, 0) is 0 Å². The molecule has 0 bridgehead atoms. The van der Waals surface area contributed by atoms with Crippen LogP contribution in [0.5, 0.6) is 0 Å². The van der Waals surface area contributed by atoms with E-state index in [2.05, 4.69) is 31.3 Å². The fourth-order valence-electron chi connectivity index (χ4n) is 2.50. The van der Waals surface area contributed by atoms with E-state index in [1.807, 2.05) is 12.1 Å². The van der Waals surface area contributed by atoms with Crippen molar-refractivity contribution in [2.24, 2.45) is 5.92 Å². The minimum atomic E-state index is 0.688. The molecule has 82 valence electrons. The van der Waals surface area contributed by atoms with Gasteiger partial charge in [-0.15, -0.1) is 0 Å². The number of halogens is 1. The Morgan fingerprint density at radius 2 is 2.27 bits per heavy atom. The van der Waals surface area contributed by atoms with Gasteiger partial charge < -0.3 is 5.32 Å². The summed E-state index contributed by atoms with van der Waals surface area (Å²) in [5.74, 6) is 1.41. The molecule has 1 saturated carbocycles. The molecule has 0 radical (unpaired) electrons. The summed E-state index contributed by atoms with van der Waals surface area (Å²) < 4.78 is 0. The molecule has 1 aliphatic carbocycles. The van der Waals surface area contributed by atoms with Gasteiger partial charge in [-0.1, -0.05) is 37.6 Å². The van der Waals surface area contributed by atoms with Crippen LogP contribution in [0.3, 0.4) is 0 Å². The third-order valence-electron chi connectivity index (χ3n) is 3.52. The summed E-state index contributed by atoms with van der Waals surface area (Å²) in [4.78, 5) is 0. The lowest BCUT2D eigenvalue weighted by molar-refractivity contribution is 0.187. The third-order valence-corrected chi connectivity index (χ3v) is 3.76. The normalized spacial score (nSPS) is 29.9. The van der Waals surface area contributed by atoms with Gasteiger partial charge in [0, 0.05) is 11.1 Å². The third kappa shape index (κ3) is 2.19. The van der Waals surface area contributed by atoms with E-state index in [0.717, 1.165) is 17.5 Å². The van der Waals surface area contributed by atoms with Crippen LogP contribution in [0.2, 0.25) is 5.02 Å². The molecule has 0 aliphatic heterocycles. The van der Waals surface area contributed by atoms with Gasteiger partial charge in [0.05, 0.1) is 0 Å². The predicted molar refractivity (Wildman–Crippen MR) is 65.4 cm³/mol. The highest BCUT2D eigenvalue weighted by Crippen LogP contribution is 2.42. The van der Waals surface area contributed by atoms with Crippen molar-refractivity contribution in [1.29, 1.82) is 0 Å². The Labute approximate surface area is 96.8 Å². The van der Waals surface area contributed by atoms with Gasteiger partial charge in [-0.05, 0) is 42.5 Å². The van der Waals surface area contributed by atoms with Gasteiger partial charge in [-0.2, -0.15) is 0 Å². The van der Waals surface area contributed by atoms with Gasteiger partial charge in [-0.25, -0.2) is 0 Å². The maximum atomic E-state index is 6.00. The molecule has 3 atom stereocenters. The highest BCUT2D eigenvalue weighted by molar-refractivity contribution is 6.30. The molecular formula is C13H18ClN. The van der Waals surface area contributed by atoms with Gasteiger partial charge in [-0.3, -0.25) is 0 Å². The fraction of sp³-hybridized carbons (Fsp3) is 0.538. The minimum Gasteiger partial charge on any atom is -0.314 e. The van der Waals surface area contributed by atoms with Crippen molar-refractivity contribution in [2.45, 2.75) is 32.2 Å². The smallest absolute Gasteiger partial charge is 0.0408 e. The molecule has 2 rings (SSSR count). The summed E-state index contributed by atoms with van der Waals surface area (Å²) in [6, 6.07) is 8.97. The molecular weight excluding hydrogens is 206 g/mol. The van der Waals surface area contributed by atoms with Crippen molar-refractivity contribution < 1.29 is 0 Å². The van der Waals surface area contributed by atoms with Gasteiger partial charge in [0.15, 0.2) is 0 Å². The van der Waals surface area contributed by atoms with Crippen molar-refractivity contribution >= 4 is 11.6 Å². The van der Waals surface area contributed by atoms with Crippen molar-refractivity contribution in [3.8, 4) is 0 Å². The Bertz CT molecular complexity index is 337. The lowest BCUT2D eigenvalue weighted by Crippen LogP contribution is -2.47. The van der Waals surface area contributed by atoms with E-state index in [4.69, 9.17) is 11.6 Å². The molecule has 1 nitrogen and oxygen atoms in total. The zero-order valence-electron chi connectivity index (χ0n) is 9.33. The van der Waals surface area contributed by atoms with E-state index in [9.17, 15) is 0 Å². The lowest BCUT2D eigenvalue weighted by Gasteiger charge is -2.43. The first-order valence-corrected chi connectivity index (χ1v) is 6.09. The molecule has 1 aromatic carbocycles. The minimum absolute atomic E-state index is 0.688. The molecule has 0 amide bonds. The monoisotopic (exact) mass is 223 g/mol. The quantitative estimate of drug-likeness (QED) is 0.828. The maximum Gasteiger partial charge on any atom is 0.0408 e. The molecule has 1 aromatic rings. The summed E-state index contributed by atoms with van der Waals surface area (Å²) in [5, 5.41) is 4.37. The Balaban J connectivity index is 2.03. The van der Waals surface area contributed by atoms with Crippen LogP contribution in [0.15, 0.2) is 24.3 Å². The molecule has 0 aromatic heterocycles. The molecule has 0 heterocycles. The topological polar surface area (TPSA) is 12.0 Å². The van der Waals surface area contributed by atoms with Gasteiger partial charge in [0.2, 0.25) is 0 Å². The number of nitrogens with one attached hydrogen (secondary N) is 1. The molecule has 15 heavy (non-hydrogen) atoms. The van der Waals surface area contributed by atoms with Gasteiger partial charge >= 0.3 is 0 Å². The van der Waals surface area contributed by atoms with Crippen molar-refractivity contribution in [3.63, 3.8) is 0 Å². The van der Waals surface area contributed by atoms with E-state index in [1.165, 1.54) is 12.0 Å². The second kappa shape index (κ2) is 4.54. The largest absolute Gasteiger partial charge is 0.314 e. The average Bonchev–Trinajstić information content (AvgIpc) is 2.23. The van der Waals surface area contributed by atoms with Crippen LogP contribution in [0.4, 0.5) is 0 Å². The van der Waals surface area contributed by atoms with Crippen LogP contribution in [0.1, 0.15) is 31.7 Å². The summed E-state index contributed by atoms with van der Waals surface area (Å²) in [6.07, 6.45) is 1.25. The van der Waals surface area contributed by atoms with Gasteiger partial charge in [0.1, 0.15) is 0 Å². The fourth-order valence-corrected chi connectivity index (χ4v) is 2.69. The molecule has 1 aliphatic rings. The molecule has 1 N–H and O–H groups in total. The second-order valence-corrected chi connectivity index (χ2v) is 4.86. The highest BCUT2D eigenvalue weighted by Gasteiger charge is 2.37. The van der Waals surface area contributed by atoms with Crippen molar-refractivity contribution in [1.82, 2.24) is 5.32 Å². The Hall–Kier alpha value is -0.530. The number of hydrogen-bond acceptors (Lipinski definition) is 1.